The van der Waals surface area contributed by atoms with Gasteiger partial charge in [-0.1, -0.05) is 6.07 Å². The van der Waals surface area contributed by atoms with Crippen molar-refractivity contribution in [1.82, 2.24) is 4.98 Å². The van der Waals surface area contributed by atoms with Gasteiger partial charge in [0.05, 0.1) is 0 Å². The first-order chi connectivity index (χ1) is 10.8. The molecule has 0 aromatic carbocycles. The van der Waals surface area contributed by atoms with E-state index in [2.05, 4.69) is 4.98 Å². The third-order valence-electron chi connectivity index (χ3n) is 2.33. The van der Waals surface area contributed by atoms with Gasteiger partial charge < -0.3 is 14.6 Å². The molecular weight excluding hydrogens is 316 g/mol. The Hall–Kier alpha value is -2.64. The van der Waals surface area contributed by atoms with Crippen LogP contribution in [0.5, 0.6) is 0 Å². The Morgan fingerprint density at radius 2 is 1.42 bits per heavy atom. The molecule has 2 amide bonds. The summed E-state index contributed by atoms with van der Waals surface area (Å²) in [6.45, 7) is 9.83. The van der Waals surface area contributed by atoms with Crippen molar-refractivity contribution in [3.8, 4) is 0 Å². The fourth-order valence-corrected chi connectivity index (χ4v) is 1.54. The van der Waals surface area contributed by atoms with Gasteiger partial charge in [-0.25, -0.2) is 19.4 Å². The number of carboxylic acid groups (broad SMARTS) is 1. The summed E-state index contributed by atoms with van der Waals surface area (Å²) >= 11 is 0. The van der Waals surface area contributed by atoms with Crippen LogP contribution in [0.1, 0.15) is 52.0 Å². The second kappa shape index (κ2) is 6.86. The molecular formula is C16H22N2O6. The molecule has 1 heterocycles. The predicted octanol–water partition coefficient (Wildman–Crippen LogP) is 3.46. The first-order valence-electron chi connectivity index (χ1n) is 7.26. The number of carbonyl (C=O) groups excluding carboxylic acids is 2. The fraction of sp³-hybridized carbons (Fsp3) is 0.500. The molecule has 1 aromatic rings. The van der Waals surface area contributed by atoms with E-state index in [4.69, 9.17) is 14.6 Å². The second-order valence-electron chi connectivity index (χ2n) is 6.98. The SMILES string of the molecule is CC(C)(C)OC(=O)N(C(=O)OC(C)(C)C)c1cccc(C(=O)O)n1. The Labute approximate surface area is 140 Å². The highest BCUT2D eigenvalue weighted by atomic mass is 16.6. The number of carbonyl (C=O) groups is 3. The summed E-state index contributed by atoms with van der Waals surface area (Å²) in [5.41, 5.74) is -2.03. The first-order valence-corrected chi connectivity index (χ1v) is 7.26. The lowest BCUT2D eigenvalue weighted by Gasteiger charge is -2.28. The lowest BCUT2D eigenvalue weighted by molar-refractivity contribution is 0.0427. The monoisotopic (exact) mass is 338 g/mol. The predicted molar refractivity (Wildman–Crippen MR) is 86.1 cm³/mol. The summed E-state index contributed by atoms with van der Waals surface area (Å²) in [5, 5.41) is 9.03. The normalized spacial score (nSPS) is 11.6. The minimum Gasteiger partial charge on any atom is -0.477 e. The molecule has 8 nitrogen and oxygen atoms in total. The Balaban J connectivity index is 3.27. The fourth-order valence-electron chi connectivity index (χ4n) is 1.54. The molecule has 1 N–H and O–H groups in total. The van der Waals surface area contributed by atoms with Gasteiger partial charge in [0.2, 0.25) is 0 Å². The molecule has 0 atom stereocenters. The number of nitrogens with zero attached hydrogens (tertiary/aromatic N) is 2. The van der Waals surface area contributed by atoms with E-state index in [9.17, 15) is 14.4 Å². The minimum atomic E-state index is -1.29. The molecule has 0 aliphatic heterocycles. The maximum atomic E-state index is 12.4. The summed E-state index contributed by atoms with van der Waals surface area (Å²) in [5.74, 6) is -1.48. The zero-order valence-corrected chi connectivity index (χ0v) is 14.6. The molecule has 24 heavy (non-hydrogen) atoms. The molecule has 0 spiro atoms. The number of amides is 2. The minimum absolute atomic E-state index is 0.196. The van der Waals surface area contributed by atoms with Crippen molar-refractivity contribution < 1.29 is 29.0 Å². The van der Waals surface area contributed by atoms with Crippen LogP contribution >= 0.6 is 0 Å². The van der Waals surface area contributed by atoms with Gasteiger partial charge in [0.15, 0.2) is 5.69 Å². The molecule has 1 rings (SSSR count). The number of aromatic carboxylic acids is 1. The lowest BCUT2D eigenvalue weighted by Crippen LogP contribution is -2.44. The summed E-state index contributed by atoms with van der Waals surface area (Å²) in [6.07, 6.45) is -2.02. The van der Waals surface area contributed by atoms with Crippen molar-refractivity contribution in [2.45, 2.75) is 52.7 Å². The van der Waals surface area contributed by atoms with Crippen LogP contribution in [0, 0.1) is 0 Å². The van der Waals surface area contributed by atoms with Crippen LogP contribution in [0.4, 0.5) is 15.4 Å². The zero-order valence-electron chi connectivity index (χ0n) is 14.6. The van der Waals surface area contributed by atoms with E-state index in [1.165, 1.54) is 18.2 Å². The van der Waals surface area contributed by atoms with E-state index in [1.54, 1.807) is 41.5 Å². The van der Waals surface area contributed by atoms with Crippen molar-refractivity contribution >= 4 is 24.0 Å². The largest absolute Gasteiger partial charge is 0.477 e. The van der Waals surface area contributed by atoms with E-state index in [0.29, 0.717) is 4.90 Å². The molecule has 1 aromatic heterocycles. The molecule has 0 saturated carbocycles. The van der Waals surface area contributed by atoms with E-state index < -0.39 is 29.4 Å². The third kappa shape index (κ3) is 5.86. The van der Waals surface area contributed by atoms with Crippen molar-refractivity contribution in [2.24, 2.45) is 0 Å². The average Bonchev–Trinajstić information content (AvgIpc) is 2.34. The number of imide groups is 1. The van der Waals surface area contributed by atoms with Gasteiger partial charge in [0, 0.05) is 0 Å². The number of rotatable bonds is 2. The van der Waals surface area contributed by atoms with Crippen LogP contribution in [0.15, 0.2) is 18.2 Å². The van der Waals surface area contributed by atoms with Gasteiger partial charge in [-0.15, -0.1) is 0 Å². The van der Waals surface area contributed by atoms with Crippen molar-refractivity contribution in [3.05, 3.63) is 23.9 Å². The van der Waals surface area contributed by atoms with E-state index >= 15 is 0 Å². The van der Waals surface area contributed by atoms with Crippen LogP contribution in [0.3, 0.4) is 0 Å². The standard InChI is InChI=1S/C16H22N2O6/c1-15(2,3)23-13(21)18(14(22)24-16(4,5)6)11-9-7-8-10(17-11)12(19)20/h7-9H,1-6H3,(H,19,20). The second-order valence-corrected chi connectivity index (χ2v) is 6.98. The molecule has 132 valence electrons. The molecule has 8 heteroatoms. The number of pyridine rings is 1. The molecule has 0 radical (unpaired) electrons. The van der Waals surface area contributed by atoms with Crippen LogP contribution in [-0.4, -0.2) is 39.4 Å². The van der Waals surface area contributed by atoms with Gasteiger partial charge in [0.25, 0.3) is 0 Å². The summed E-state index contributed by atoms with van der Waals surface area (Å²) in [6, 6.07) is 3.93. The maximum absolute atomic E-state index is 12.4. The summed E-state index contributed by atoms with van der Waals surface area (Å²) in [7, 11) is 0. The van der Waals surface area contributed by atoms with E-state index in [1.807, 2.05) is 0 Å². The Morgan fingerprint density at radius 3 is 1.79 bits per heavy atom. The maximum Gasteiger partial charge on any atom is 0.425 e. The van der Waals surface area contributed by atoms with Gasteiger partial charge in [0.1, 0.15) is 17.0 Å². The molecule has 0 fully saturated rings. The highest BCUT2D eigenvalue weighted by Crippen LogP contribution is 2.20. The summed E-state index contributed by atoms with van der Waals surface area (Å²) in [4.78, 5) is 40.2. The highest BCUT2D eigenvalue weighted by molar-refractivity contribution is 6.09. The summed E-state index contributed by atoms with van der Waals surface area (Å²) < 4.78 is 10.4. The molecule has 0 bridgehead atoms. The molecule has 0 aliphatic rings. The molecule has 0 aliphatic carbocycles. The average molecular weight is 338 g/mol. The topological polar surface area (TPSA) is 106 Å². The number of anilines is 1. The smallest absolute Gasteiger partial charge is 0.425 e. The third-order valence-corrected chi connectivity index (χ3v) is 2.33. The lowest BCUT2D eigenvalue weighted by atomic mass is 10.2. The van der Waals surface area contributed by atoms with Gasteiger partial charge in [-0.3, -0.25) is 0 Å². The van der Waals surface area contributed by atoms with Gasteiger partial charge in [-0.05, 0) is 53.7 Å². The van der Waals surface area contributed by atoms with Crippen molar-refractivity contribution in [2.75, 3.05) is 4.90 Å². The number of hydrogen-bond donors (Lipinski definition) is 1. The Bertz CT molecular complexity index is 615. The molecule has 0 unspecified atom stereocenters. The number of ether oxygens (including phenoxy) is 2. The van der Waals surface area contributed by atoms with Crippen LogP contribution in [0.25, 0.3) is 0 Å². The number of carboxylic acids is 1. The van der Waals surface area contributed by atoms with E-state index in [0.717, 1.165) is 0 Å². The Kier molecular flexibility index (Phi) is 5.54. The van der Waals surface area contributed by atoms with Crippen LogP contribution < -0.4 is 4.90 Å². The van der Waals surface area contributed by atoms with E-state index in [-0.39, 0.29) is 11.5 Å². The van der Waals surface area contributed by atoms with Crippen LogP contribution in [0.2, 0.25) is 0 Å². The molecule has 0 saturated heterocycles. The van der Waals surface area contributed by atoms with Crippen molar-refractivity contribution in [1.29, 1.82) is 0 Å². The zero-order chi connectivity index (χ0) is 18.7. The van der Waals surface area contributed by atoms with Crippen LogP contribution in [-0.2, 0) is 9.47 Å². The Morgan fingerprint density at radius 1 is 0.958 bits per heavy atom. The first kappa shape index (κ1) is 19.4. The number of hydrogen-bond acceptors (Lipinski definition) is 6. The quantitative estimate of drug-likeness (QED) is 0.880. The van der Waals surface area contributed by atoms with Crippen molar-refractivity contribution in [3.63, 3.8) is 0 Å². The number of aromatic nitrogens is 1. The van der Waals surface area contributed by atoms with Gasteiger partial charge >= 0.3 is 18.2 Å². The van der Waals surface area contributed by atoms with Gasteiger partial charge in [-0.2, -0.15) is 4.90 Å². The highest BCUT2D eigenvalue weighted by Gasteiger charge is 2.33.